The maximum atomic E-state index is 10.1. The normalized spacial score (nSPS) is 12.7. The molecule has 0 saturated heterocycles. The number of benzene rings is 1. The van der Waals surface area contributed by atoms with Gasteiger partial charge in [0.25, 0.3) is 0 Å². The van der Waals surface area contributed by atoms with Crippen LogP contribution in [0, 0.1) is 6.92 Å². The summed E-state index contributed by atoms with van der Waals surface area (Å²) in [7, 11) is 0. The SMILES string of the molecule is Cc1ncc(C(O)Cc2cccc(Cl)c2Cl)s1. The standard InChI is InChI=1S/C12H11Cl2NOS/c1-7-15-6-11(17-7)10(16)5-8-3-2-4-9(13)12(8)14/h2-4,6,10,16H,5H2,1H3. The Morgan fingerprint density at radius 2 is 2.18 bits per heavy atom. The van der Waals surface area contributed by atoms with Crippen LogP contribution in [0.2, 0.25) is 10.0 Å². The first kappa shape index (κ1) is 12.8. The van der Waals surface area contributed by atoms with E-state index in [4.69, 9.17) is 23.2 Å². The number of aliphatic hydroxyl groups is 1. The Kier molecular flexibility index (Phi) is 4.05. The van der Waals surface area contributed by atoms with Crippen LogP contribution in [0.5, 0.6) is 0 Å². The lowest BCUT2D eigenvalue weighted by Crippen LogP contribution is -2.00. The van der Waals surface area contributed by atoms with Gasteiger partial charge in [0.15, 0.2) is 0 Å². The molecule has 1 aromatic carbocycles. The van der Waals surface area contributed by atoms with Crippen molar-refractivity contribution < 1.29 is 5.11 Å². The predicted molar refractivity (Wildman–Crippen MR) is 72.0 cm³/mol. The van der Waals surface area contributed by atoms with Gasteiger partial charge in [0.2, 0.25) is 0 Å². The number of halogens is 2. The average molecular weight is 288 g/mol. The van der Waals surface area contributed by atoms with E-state index in [1.807, 2.05) is 19.1 Å². The summed E-state index contributed by atoms with van der Waals surface area (Å²) in [5.74, 6) is 0. The lowest BCUT2D eigenvalue weighted by atomic mass is 10.1. The van der Waals surface area contributed by atoms with Gasteiger partial charge in [0.1, 0.15) is 0 Å². The van der Waals surface area contributed by atoms with Gasteiger partial charge in [-0.2, -0.15) is 0 Å². The summed E-state index contributed by atoms with van der Waals surface area (Å²) in [6.07, 6.45) is 1.56. The molecule has 0 aliphatic carbocycles. The zero-order chi connectivity index (χ0) is 12.4. The van der Waals surface area contributed by atoms with Gasteiger partial charge in [-0.25, -0.2) is 4.98 Å². The minimum absolute atomic E-state index is 0.445. The molecule has 1 N–H and O–H groups in total. The Morgan fingerprint density at radius 3 is 2.82 bits per heavy atom. The first-order valence-corrected chi connectivity index (χ1v) is 6.68. The molecule has 1 heterocycles. The summed E-state index contributed by atoms with van der Waals surface area (Å²) >= 11 is 13.5. The zero-order valence-corrected chi connectivity index (χ0v) is 11.5. The second kappa shape index (κ2) is 5.36. The molecular weight excluding hydrogens is 277 g/mol. The number of aryl methyl sites for hydroxylation is 1. The molecule has 0 saturated carbocycles. The van der Waals surface area contributed by atoms with Crippen LogP contribution < -0.4 is 0 Å². The number of aliphatic hydroxyl groups excluding tert-OH is 1. The van der Waals surface area contributed by atoms with Gasteiger partial charge in [-0.1, -0.05) is 35.3 Å². The lowest BCUT2D eigenvalue weighted by Gasteiger charge is -2.10. The van der Waals surface area contributed by atoms with Crippen molar-refractivity contribution in [3.05, 3.63) is 49.9 Å². The Hall–Kier alpha value is -0.610. The van der Waals surface area contributed by atoms with Crippen molar-refractivity contribution in [3.8, 4) is 0 Å². The van der Waals surface area contributed by atoms with E-state index in [1.54, 1.807) is 12.3 Å². The van der Waals surface area contributed by atoms with Crippen LogP contribution in [0.25, 0.3) is 0 Å². The molecule has 1 atom stereocenters. The van der Waals surface area contributed by atoms with Crippen LogP contribution >= 0.6 is 34.5 Å². The number of aromatic nitrogens is 1. The van der Waals surface area contributed by atoms with Gasteiger partial charge in [0.05, 0.1) is 26.0 Å². The molecule has 17 heavy (non-hydrogen) atoms. The number of hydrogen-bond acceptors (Lipinski definition) is 3. The molecule has 5 heteroatoms. The summed E-state index contributed by atoms with van der Waals surface area (Å²) in [4.78, 5) is 4.96. The van der Waals surface area contributed by atoms with Crippen LogP contribution in [-0.2, 0) is 6.42 Å². The van der Waals surface area contributed by atoms with E-state index in [-0.39, 0.29) is 0 Å². The smallest absolute Gasteiger partial charge is 0.0938 e. The van der Waals surface area contributed by atoms with E-state index >= 15 is 0 Å². The van der Waals surface area contributed by atoms with Crippen LogP contribution in [0.1, 0.15) is 21.6 Å². The van der Waals surface area contributed by atoms with Crippen LogP contribution in [-0.4, -0.2) is 10.1 Å². The molecule has 2 rings (SSSR count). The molecule has 0 radical (unpaired) electrons. The molecule has 2 aromatic rings. The third kappa shape index (κ3) is 2.99. The van der Waals surface area contributed by atoms with Crippen LogP contribution in [0.15, 0.2) is 24.4 Å². The van der Waals surface area contributed by atoms with Crippen LogP contribution in [0.4, 0.5) is 0 Å². The molecule has 1 aromatic heterocycles. The van der Waals surface area contributed by atoms with Crippen molar-refractivity contribution in [1.82, 2.24) is 4.98 Å². The molecule has 1 unspecified atom stereocenters. The van der Waals surface area contributed by atoms with E-state index in [2.05, 4.69) is 4.98 Å². The Labute approximate surface area is 114 Å². The molecule has 0 aliphatic rings. The first-order valence-electron chi connectivity index (χ1n) is 5.11. The molecule has 0 fully saturated rings. The number of nitrogens with zero attached hydrogens (tertiary/aromatic N) is 1. The maximum absolute atomic E-state index is 10.1. The third-order valence-corrected chi connectivity index (χ3v) is 4.28. The Bertz CT molecular complexity index is 527. The number of rotatable bonds is 3. The summed E-state index contributed by atoms with van der Waals surface area (Å²) in [6, 6.07) is 5.43. The highest BCUT2D eigenvalue weighted by Crippen LogP contribution is 2.30. The second-order valence-electron chi connectivity index (χ2n) is 3.71. The lowest BCUT2D eigenvalue weighted by molar-refractivity contribution is 0.182. The van der Waals surface area contributed by atoms with Gasteiger partial charge in [0, 0.05) is 12.6 Å². The predicted octanol–water partition coefficient (Wildman–Crippen LogP) is 4.03. The Balaban J connectivity index is 2.18. The zero-order valence-electron chi connectivity index (χ0n) is 9.15. The van der Waals surface area contributed by atoms with Gasteiger partial charge in [-0.15, -0.1) is 11.3 Å². The number of hydrogen-bond donors (Lipinski definition) is 1. The second-order valence-corrected chi connectivity index (χ2v) is 5.77. The highest BCUT2D eigenvalue weighted by Gasteiger charge is 2.14. The molecule has 0 spiro atoms. The molecule has 0 aliphatic heterocycles. The largest absolute Gasteiger partial charge is 0.387 e. The van der Waals surface area contributed by atoms with Crippen LogP contribution in [0.3, 0.4) is 0 Å². The molecule has 0 amide bonds. The molecule has 90 valence electrons. The van der Waals surface area contributed by atoms with Crippen molar-refractivity contribution in [3.63, 3.8) is 0 Å². The number of thiazole rings is 1. The van der Waals surface area contributed by atoms with Gasteiger partial charge >= 0.3 is 0 Å². The van der Waals surface area contributed by atoms with Gasteiger partial charge in [-0.3, -0.25) is 0 Å². The fraction of sp³-hybridized carbons (Fsp3) is 0.250. The van der Waals surface area contributed by atoms with E-state index < -0.39 is 6.10 Å². The highest BCUT2D eigenvalue weighted by atomic mass is 35.5. The fourth-order valence-corrected chi connectivity index (χ4v) is 2.72. The van der Waals surface area contributed by atoms with E-state index in [9.17, 15) is 5.11 Å². The van der Waals surface area contributed by atoms with Crippen molar-refractivity contribution >= 4 is 34.5 Å². The van der Waals surface area contributed by atoms with Crippen molar-refractivity contribution in [2.24, 2.45) is 0 Å². The van der Waals surface area contributed by atoms with Gasteiger partial charge < -0.3 is 5.11 Å². The van der Waals surface area contributed by atoms with Crippen molar-refractivity contribution in [2.75, 3.05) is 0 Å². The minimum atomic E-state index is -0.586. The summed E-state index contributed by atoms with van der Waals surface area (Å²) in [6.45, 7) is 1.91. The van der Waals surface area contributed by atoms with E-state index in [0.717, 1.165) is 15.4 Å². The summed E-state index contributed by atoms with van der Waals surface area (Å²) in [5, 5.41) is 12.0. The van der Waals surface area contributed by atoms with Crippen molar-refractivity contribution in [2.45, 2.75) is 19.4 Å². The third-order valence-electron chi connectivity index (χ3n) is 2.41. The van der Waals surface area contributed by atoms with E-state index in [1.165, 1.54) is 11.3 Å². The van der Waals surface area contributed by atoms with Gasteiger partial charge in [-0.05, 0) is 18.6 Å². The monoisotopic (exact) mass is 287 g/mol. The average Bonchev–Trinajstić information content (AvgIpc) is 2.72. The topological polar surface area (TPSA) is 33.1 Å². The molecule has 2 nitrogen and oxygen atoms in total. The minimum Gasteiger partial charge on any atom is -0.387 e. The molecule has 0 bridgehead atoms. The molecular formula is C12H11Cl2NOS. The fourth-order valence-electron chi connectivity index (χ4n) is 1.55. The highest BCUT2D eigenvalue weighted by molar-refractivity contribution is 7.11. The summed E-state index contributed by atoms with van der Waals surface area (Å²) < 4.78 is 0. The van der Waals surface area contributed by atoms with Crippen molar-refractivity contribution in [1.29, 1.82) is 0 Å². The quantitative estimate of drug-likeness (QED) is 0.924. The van der Waals surface area contributed by atoms with E-state index in [0.29, 0.717) is 16.5 Å². The first-order chi connectivity index (χ1) is 8.08. The Morgan fingerprint density at radius 1 is 1.41 bits per heavy atom. The summed E-state index contributed by atoms with van der Waals surface area (Å²) in [5.41, 5.74) is 0.845. The maximum Gasteiger partial charge on any atom is 0.0938 e.